The van der Waals surface area contributed by atoms with Gasteiger partial charge in [0, 0.05) is 35.5 Å². The molecule has 33 heavy (non-hydrogen) atoms. The van der Waals surface area contributed by atoms with E-state index >= 15 is 4.39 Å². The molecule has 3 unspecified atom stereocenters. The van der Waals surface area contributed by atoms with Gasteiger partial charge >= 0.3 is 0 Å². The van der Waals surface area contributed by atoms with Gasteiger partial charge in [-0.05, 0) is 83.4 Å². The van der Waals surface area contributed by atoms with E-state index in [-0.39, 0.29) is 23.8 Å². The van der Waals surface area contributed by atoms with Crippen molar-refractivity contribution in [2.24, 2.45) is 5.92 Å². The second kappa shape index (κ2) is 7.54. The minimum absolute atomic E-state index is 0.0934. The Morgan fingerprint density at radius 2 is 2.00 bits per heavy atom. The molecule has 3 aliphatic rings. The van der Waals surface area contributed by atoms with Crippen LogP contribution < -0.4 is 9.47 Å². The molecule has 5 heteroatoms. The highest BCUT2D eigenvalue weighted by molar-refractivity contribution is 5.48. The molecule has 0 amide bonds. The van der Waals surface area contributed by atoms with Crippen molar-refractivity contribution >= 4 is 0 Å². The summed E-state index contributed by atoms with van der Waals surface area (Å²) in [5.74, 6) is 2.63. The average molecular weight is 445 g/mol. The second-order valence-corrected chi connectivity index (χ2v) is 10.4. The maximum absolute atomic E-state index is 15.2. The molecular weight excluding hydrogens is 415 g/mol. The van der Waals surface area contributed by atoms with E-state index in [9.17, 15) is 0 Å². The van der Waals surface area contributed by atoms with E-state index in [1.165, 1.54) is 17.5 Å². The van der Waals surface area contributed by atoms with Crippen LogP contribution in [0.2, 0.25) is 0 Å². The molecule has 0 saturated heterocycles. The maximum Gasteiger partial charge on any atom is 0.216 e. The first-order valence-corrected chi connectivity index (χ1v) is 11.9. The molecule has 1 fully saturated rings. The summed E-state index contributed by atoms with van der Waals surface area (Å²) in [5, 5.41) is 0. The summed E-state index contributed by atoms with van der Waals surface area (Å²) in [6.07, 6.45) is 8.05. The van der Waals surface area contributed by atoms with Crippen molar-refractivity contribution in [3.63, 3.8) is 0 Å². The lowest BCUT2D eigenvalue weighted by Gasteiger charge is -2.38. The highest BCUT2D eigenvalue weighted by Crippen LogP contribution is 2.56. The molecule has 2 heterocycles. The van der Waals surface area contributed by atoms with Crippen molar-refractivity contribution in [2.45, 2.75) is 63.4 Å². The number of hydrogen-bond donors (Lipinski definition) is 0. The minimum atomic E-state index is -0.219. The van der Waals surface area contributed by atoms with Crippen molar-refractivity contribution < 1.29 is 13.9 Å². The molecule has 0 aliphatic heterocycles. The molecule has 0 bridgehead atoms. The second-order valence-electron chi connectivity index (χ2n) is 10.4. The number of halogens is 1. The predicted molar refractivity (Wildman–Crippen MR) is 124 cm³/mol. The van der Waals surface area contributed by atoms with Gasteiger partial charge in [0.1, 0.15) is 12.4 Å². The third-order valence-corrected chi connectivity index (χ3v) is 7.93. The molecule has 1 aromatic carbocycles. The van der Waals surface area contributed by atoms with E-state index in [1.54, 1.807) is 19.4 Å². The molecular formula is C28H29FN2O2. The van der Waals surface area contributed by atoms with Gasteiger partial charge in [-0.15, -0.1) is 0 Å². The molecule has 1 saturated carbocycles. The van der Waals surface area contributed by atoms with Crippen LogP contribution in [-0.4, -0.2) is 17.1 Å². The first-order chi connectivity index (χ1) is 15.9. The maximum atomic E-state index is 15.2. The number of nitrogens with zero attached hydrogens (tertiary/aromatic N) is 2. The number of ether oxygens (including phenoxy) is 2. The number of benzene rings is 1. The Balaban J connectivity index is 1.32. The van der Waals surface area contributed by atoms with Crippen molar-refractivity contribution in [3.05, 3.63) is 81.9 Å². The quantitative estimate of drug-likeness (QED) is 0.479. The first kappa shape index (κ1) is 20.6. The highest BCUT2D eigenvalue weighted by atomic mass is 19.1. The lowest BCUT2D eigenvalue weighted by Crippen LogP contribution is -2.27. The highest BCUT2D eigenvalue weighted by Gasteiger charge is 2.45. The molecule has 0 radical (unpaired) electrons. The summed E-state index contributed by atoms with van der Waals surface area (Å²) in [7, 11) is 1.65. The van der Waals surface area contributed by atoms with Crippen molar-refractivity contribution in [1.82, 2.24) is 9.97 Å². The lowest BCUT2D eigenvalue weighted by atomic mass is 9.67. The number of rotatable bonds is 5. The SMILES string of the molecule is COc1ncccc1C1CCC(C)(C)c2cc(F)c(COc3cc4c(cn3)C3CC3C4)cc21. The van der Waals surface area contributed by atoms with Crippen LogP contribution in [0.15, 0.2) is 42.7 Å². The number of hydrogen-bond acceptors (Lipinski definition) is 4. The van der Waals surface area contributed by atoms with Crippen LogP contribution in [0.4, 0.5) is 4.39 Å². The monoisotopic (exact) mass is 444 g/mol. The van der Waals surface area contributed by atoms with Gasteiger partial charge < -0.3 is 9.47 Å². The van der Waals surface area contributed by atoms with Gasteiger partial charge in [-0.3, -0.25) is 0 Å². The fourth-order valence-corrected chi connectivity index (χ4v) is 5.94. The molecule has 170 valence electrons. The number of aromatic nitrogens is 2. The third-order valence-electron chi connectivity index (χ3n) is 7.93. The van der Waals surface area contributed by atoms with E-state index in [2.05, 4.69) is 29.9 Å². The topological polar surface area (TPSA) is 44.2 Å². The molecule has 0 N–H and O–H groups in total. The predicted octanol–water partition coefficient (Wildman–Crippen LogP) is 6.07. The Hall–Kier alpha value is -2.95. The molecule has 3 aliphatic carbocycles. The largest absolute Gasteiger partial charge is 0.481 e. The average Bonchev–Trinajstić information content (AvgIpc) is 3.49. The van der Waals surface area contributed by atoms with Crippen LogP contribution in [0.25, 0.3) is 0 Å². The fraction of sp³-hybridized carbons (Fsp3) is 0.429. The Labute approximate surface area is 194 Å². The van der Waals surface area contributed by atoms with Gasteiger partial charge in [0.25, 0.3) is 0 Å². The van der Waals surface area contributed by atoms with Crippen LogP contribution >= 0.6 is 0 Å². The zero-order chi connectivity index (χ0) is 22.7. The normalized spacial score (nSPS) is 23.9. The number of pyridine rings is 2. The van der Waals surface area contributed by atoms with Crippen LogP contribution in [0.5, 0.6) is 11.8 Å². The lowest BCUT2D eigenvalue weighted by molar-refractivity contribution is 0.286. The minimum Gasteiger partial charge on any atom is -0.481 e. The van der Waals surface area contributed by atoms with E-state index in [4.69, 9.17) is 9.47 Å². The van der Waals surface area contributed by atoms with E-state index in [1.807, 2.05) is 24.4 Å². The Morgan fingerprint density at radius 1 is 1.12 bits per heavy atom. The molecule has 2 aromatic heterocycles. The summed E-state index contributed by atoms with van der Waals surface area (Å²) in [6, 6.07) is 9.76. The number of methoxy groups -OCH3 is 1. The summed E-state index contributed by atoms with van der Waals surface area (Å²) in [6.45, 7) is 4.55. The smallest absolute Gasteiger partial charge is 0.216 e. The summed E-state index contributed by atoms with van der Waals surface area (Å²) in [5.41, 5.74) is 6.43. The van der Waals surface area contributed by atoms with Crippen molar-refractivity contribution in [3.8, 4) is 11.8 Å². The van der Waals surface area contributed by atoms with Crippen molar-refractivity contribution in [2.75, 3.05) is 7.11 Å². The Morgan fingerprint density at radius 3 is 2.85 bits per heavy atom. The van der Waals surface area contributed by atoms with Crippen LogP contribution in [-0.2, 0) is 18.4 Å². The van der Waals surface area contributed by atoms with Crippen LogP contribution in [0, 0.1) is 11.7 Å². The van der Waals surface area contributed by atoms with E-state index < -0.39 is 0 Å². The molecule has 6 rings (SSSR count). The van der Waals surface area contributed by atoms with Crippen LogP contribution in [0.1, 0.15) is 78.3 Å². The van der Waals surface area contributed by atoms with Crippen molar-refractivity contribution in [1.29, 1.82) is 0 Å². The summed E-state index contributed by atoms with van der Waals surface area (Å²) in [4.78, 5) is 8.90. The van der Waals surface area contributed by atoms with Gasteiger partial charge in [-0.1, -0.05) is 19.9 Å². The summed E-state index contributed by atoms with van der Waals surface area (Å²) >= 11 is 0. The third kappa shape index (κ3) is 3.49. The molecule has 3 atom stereocenters. The van der Waals surface area contributed by atoms with E-state index in [0.29, 0.717) is 23.2 Å². The zero-order valence-electron chi connectivity index (χ0n) is 19.4. The summed E-state index contributed by atoms with van der Waals surface area (Å²) < 4.78 is 26.8. The van der Waals surface area contributed by atoms with Crippen LogP contribution in [0.3, 0.4) is 0 Å². The fourth-order valence-electron chi connectivity index (χ4n) is 5.94. The van der Waals surface area contributed by atoms with E-state index in [0.717, 1.165) is 41.9 Å². The van der Waals surface area contributed by atoms with Gasteiger partial charge in [0.05, 0.1) is 7.11 Å². The zero-order valence-corrected chi connectivity index (χ0v) is 19.4. The molecule has 3 aromatic rings. The van der Waals surface area contributed by atoms with Gasteiger partial charge in [0.2, 0.25) is 11.8 Å². The molecule has 4 nitrogen and oxygen atoms in total. The first-order valence-electron chi connectivity index (χ1n) is 11.9. The molecule has 0 spiro atoms. The Kier molecular flexibility index (Phi) is 4.72. The Bertz CT molecular complexity index is 1240. The van der Waals surface area contributed by atoms with Gasteiger partial charge in [-0.2, -0.15) is 0 Å². The number of fused-ring (bicyclic) bond motifs is 4. The van der Waals surface area contributed by atoms with Gasteiger partial charge in [0.15, 0.2) is 0 Å². The standard InChI is InChI=1S/C28H29FN2O2/c1-28(2)7-6-19(20-5-4-8-30-27(20)32-3)22-11-18(25(29)13-24(22)28)15-33-26-12-17-9-16-10-21(16)23(17)14-31-26/h4-5,8,11-14,16,19,21H,6-7,9-10,15H2,1-3H3. The van der Waals surface area contributed by atoms with Gasteiger partial charge in [-0.25, -0.2) is 14.4 Å².